The Morgan fingerprint density at radius 3 is 2.50 bits per heavy atom. The van der Waals surface area contributed by atoms with Gasteiger partial charge in [-0.2, -0.15) is 0 Å². The summed E-state index contributed by atoms with van der Waals surface area (Å²) in [6, 6.07) is 0.636. The predicted molar refractivity (Wildman–Crippen MR) is 60.3 cm³/mol. The topological polar surface area (TPSA) is 32.3 Å². The van der Waals surface area contributed by atoms with Crippen molar-refractivity contribution in [2.75, 3.05) is 6.54 Å². The van der Waals surface area contributed by atoms with Crippen molar-refractivity contribution in [3.05, 3.63) is 0 Å². The fourth-order valence-corrected chi connectivity index (χ4v) is 2.13. The van der Waals surface area contributed by atoms with Gasteiger partial charge in [-0.15, -0.1) is 0 Å². The number of hydrogen-bond donors (Lipinski definition) is 2. The summed E-state index contributed by atoms with van der Waals surface area (Å²) in [5, 5.41) is 13.2. The number of aliphatic hydroxyl groups is 1. The van der Waals surface area contributed by atoms with E-state index >= 15 is 0 Å². The van der Waals surface area contributed by atoms with E-state index in [9.17, 15) is 5.11 Å². The Morgan fingerprint density at radius 2 is 1.93 bits per heavy atom. The lowest BCUT2D eigenvalue weighted by Crippen LogP contribution is -2.42. The van der Waals surface area contributed by atoms with Gasteiger partial charge in [-0.25, -0.2) is 0 Å². The molecule has 14 heavy (non-hydrogen) atoms. The molecule has 2 N–H and O–H groups in total. The quantitative estimate of drug-likeness (QED) is 0.727. The summed E-state index contributed by atoms with van der Waals surface area (Å²) in [5.41, 5.74) is 0. The van der Waals surface area contributed by atoms with E-state index in [2.05, 4.69) is 26.1 Å². The molecule has 1 aliphatic carbocycles. The Bertz CT molecular complexity index is 158. The first-order valence-electron chi connectivity index (χ1n) is 6.02. The third-order valence-electron chi connectivity index (χ3n) is 3.47. The van der Waals surface area contributed by atoms with Crippen LogP contribution >= 0.6 is 0 Å². The van der Waals surface area contributed by atoms with Gasteiger partial charge in [0.15, 0.2) is 0 Å². The predicted octanol–water partition coefficient (Wildman–Crippen LogP) is 2.17. The van der Waals surface area contributed by atoms with Crippen molar-refractivity contribution >= 4 is 0 Å². The van der Waals surface area contributed by atoms with Gasteiger partial charge in [0.25, 0.3) is 0 Å². The second-order valence-corrected chi connectivity index (χ2v) is 5.09. The SMILES string of the molecule is CC(C)C(O)CNC1CCCCC1C. The van der Waals surface area contributed by atoms with Crippen LogP contribution in [0.2, 0.25) is 0 Å². The van der Waals surface area contributed by atoms with E-state index in [-0.39, 0.29) is 6.10 Å². The van der Waals surface area contributed by atoms with E-state index in [4.69, 9.17) is 0 Å². The highest BCUT2D eigenvalue weighted by Crippen LogP contribution is 2.23. The normalized spacial score (nSPS) is 30.6. The van der Waals surface area contributed by atoms with Gasteiger partial charge in [0.1, 0.15) is 0 Å². The molecule has 84 valence electrons. The minimum atomic E-state index is -0.191. The zero-order chi connectivity index (χ0) is 10.6. The number of rotatable bonds is 4. The van der Waals surface area contributed by atoms with Crippen LogP contribution in [0, 0.1) is 11.8 Å². The van der Waals surface area contributed by atoms with Crippen molar-refractivity contribution < 1.29 is 5.11 Å². The molecule has 0 saturated heterocycles. The smallest absolute Gasteiger partial charge is 0.0687 e. The molecule has 0 spiro atoms. The molecule has 3 unspecified atom stereocenters. The van der Waals surface area contributed by atoms with Gasteiger partial charge in [-0.3, -0.25) is 0 Å². The van der Waals surface area contributed by atoms with E-state index in [1.54, 1.807) is 0 Å². The first-order chi connectivity index (χ1) is 6.61. The van der Waals surface area contributed by atoms with Gasteiger partial charge >= 0.3 is 0 Å². The maximum absolute atomic E-state index is 9.68. The minimum Gasteiger partial charge on any atom is -0.392 e. The van der Waals surface area contributed by atoms with Gasteiger partial charge in [-0.05, 0) is 24.7 Å². The van der Waals surface area contributed by atoms with Gasteiger partial charge in [0.05, 0.1) is 6.10 Å². The van der Waals surface area contributed by atoms with E-state index < -0.39 is 0 Å². The van der Waals surface area contributed by atoms with Crippen molar-refractivity contribution in [1.82, 2.24) is 5.32 Å². The summed E-state index contributed by atoms with van der Waals surface area (Å²) in [6.07, 6.45) is 5.16. The largest absolute Gasteiger partial charge is 0.392 e. The maximum Gasteiger partial charge on any atom is 0.0687 e. The molecule has 3 atom stereocenters. The molecular formula is C12H25NO. The van der Waals surface area contributed by atoms with Crippen molar-refractivity contribution in [2.24, 2.45) is 11.8 Å². The Labute approximate surface area is 88.1 Å². The van der Waals surface area contributed by atoms with Crippen LogP contribution < -0.4 is 5.32 Å². The van der Waals surface area contributed by atoms with Crippen molar-refractivity contribution in [2.45, 2.75) is 58.6 Å². The third-order valence-corrected chi connectivity index (χ3v) is 3.47. The highest BCUT2D eigenvalue weighted by Gasteiger charge is 2.21. The first-order valence-corrected chi connectivity index (χ1v) is 6.02. The molecule has 0 aromatic carbocycles. The maximum atomic E-state index is 9.68. The number of hydrogen-bond acceptors (Lipinski definition) is 2. The molecule has 1 rings (SSSR count). The Kier molecular flexibility index (Phi) is 4.90. The van der Waals surface area contributed by atoms with Crippen molar-refractivity contribution in [3.8, 4) is 0 Å². The summed E-state index contributed by atoms with van der Waals surface area (Å²) in [4.78, 5) is 0. The zero-order valence-corrected chi connectivity index (χ0v) is 9.79. The van der Waals surface area contributed by atoms with Crippen LogP contribution in [-0.4, -0.2) is 23.8 Å². The third kappa shape index (κ3) is 3.58. The Morgan fingerprint density at radius 1 is 1.29 bits per heavy atom. The Hall–Kier alpha value is -0.0800. The summed E-state index contributed by atoms with van der Waals surface area (Å²) in [7, 11) is 0. The van der Waals surface area contributed by atoms with Crippen molar-refractivity contribution in [1.29, 1.82) is 0 Å². The van der Waals surface area contributed by atoms with E-state index in [0.29, 0.717) is 12.0 Å². The summed E-state index contributed by atoms with van der Waals surface area (Å²) in [6.45, 7) is 7.21. The molecule has 0 bridgehead atoms. The monoisotopic (exact) mass is 199 g/mol. The molecule has 1 fully saturated rings. The van der Waals surface area contributed by atoms with Gasteiger partial charge in [0.2, 0.25) is 0 Å². The molecule has 0 aromatic rings. The highest BCUT2D eigenvalue weighted by molar-refractivity contribution is 4.79. The molecule has 0 radical (unpaired) electrons. The van der Waals surface area contributed by atoms with Crippen molar-refractivity contribution in [3.63, 3.8) is 0 Å². The number of aliphatic hydroxyl groups excluding tert-OH is 1. The summed E-state index contributed by atoms with van der Waals surface area (Å²) >= 11 is 0. The molecule has 2 heteroatoms. The fourth-order valence-electron chi connectivity index (χ4n) is 2.13. The van der Waals surface area contributed by atoms with Crippen LogP contribution in [0.25, 0.3) is 0 Å². The van der Waals surface area contributed by atoms with Crippen LogP contribution in [-0.2, 0) is 0 Å². The first kappa shape index (κ1) is 12.0. The van der Waals surface area contributed by atoms with Gasteiger partial charge in [0, 0.05) is 12.6 Å². The van der Waals surface area contributed by atoms with E-state index in [1.807, 2.05) is 0 Å². The average Bonchev–Trinajstić information content (AvgIpc) is 2.16. The molecule has 1 saturated carbocycles. The minimum absolute atomic E-state index is 0.191. The molecule has 1 aliphatic rings. The summed E-state index contributed by atoms with van der Waals surface area (Å²) < 4.78 is 0. The van der Waals surface area contributed by atoms with Crippen LogP contribution in [0.1, 0.15) is 46.5 Å². The van der Waals surface area contributed by atoms with Crippen LogP contribution in [0.15, 0.2) is 0 Å². The Balaban J connectivity index is 2.22. The lowest BCUT2D eigenvalue weighted by molar-refractivity contribution is 0.113. The van der Waals surface area contributed by atoms with Gasteiger partial charge < -0.3 is 10.4 Å². The molecule has 0 amide bonds. The van der Waals surface area contributed by atoms with E-state index in [1.165, 1.54) is 25.7 Å². The fraction of sp³-hybridized carbons (Fsp3) is 1.00. The molecule has 0 aliphatic heterocycles. The molecular weight excluding hydrogens is 174 g/mol. The standard InChI is InChI=1S/C12H25NO/c1-9(2)12(14)8-13-11-7-5-4-6-10(11)3/h9-14H,4-8H2,1-3H3. The lowest BCUT2D eigenvalue weighted by atomic mass is 9.86. The molecule has 2 nitrogen and oxygen atoms in total. The summed E-state index contributed by atoms with van der Waals surface area (Å²) in [5.74, 6) is 1.14. The van der Waals surface area contributed by atoms with Crippen LogP contribution in [0.3, 0.4) is 0 Å². The lowest BCUT2D eigenvalue weighted by Gasteiger charge is -2.31. The van der Waals surface area contributed by atoms with Gasteiger partial charge in [-0.1, -0.05) is 33.6 Å². The second-order valence-electron chi connectivity index (χ2n) is 5.09. The number of nitrogens with one attached hydrogen (secondary N) is 1. The zero-order valence-electron chi connectivity index (χ0n) is 9.79. The molecule has 0 aromatic heterocycles. The highest BCUT2D eigenvalue weighted by atomic mass is 16.3. The van der Waals surface area contributed by atoms with Crippen LogP contribution in [0.4, 0.5) is 0 Å². The van der Waals surface area contributed by atoms with E-state index in [0.717, 1.165) is 12.5 Å². The second kappa shape index (κ2) is 5.72. The molecule has 0 heterocycles. The average molecular weight is 199 g/mol. The van der Waals surface area contributed by atoms with Crippen LogP contribution in [0.5, 0.6) is 0 Å².